The van der Waals surface area contributed by atoms with E-state index in [1.165, 1.54) is 77.4 Å². The third-order valence-corrected chi connectivity index (χ3v) is 8.55. The third kappa shape index (κ3) is 3.30. The fourth-order valence-corrected chi connectivity index (χ4v) is 6.96. The predicted molar refractivity (Wildman–Crippen MR) is 176 cm³/mol. The Hall–Kier alpha value is -5.14. The lowest BCUT2D eigenvalue weighted by molar-refractivity contribution is 1.31. The first-order valence-corrected chi connectivity index (χ1v) is 14.5. The number of rotatable bonds is 3. The maximum absolute atomic E-state index is 2.46. The quantitative estimate of drug-likeness (QED) is 0.223. The fraction of sp³-hybridized carbons (Fsp3) is 0.0500. The van der Waals surface area contributed by atoms with Crippen molar-refractivity contribution in [2.24, 2.45) is 0 Å². The molecule has 0 atom stereocenters. The highest BCUT2D eigenvalue weighted by molar-refractivity contribution is 6.22. The smallest absolute Gasteiger partial charge is 0.0540 e. The van der Waals surface area contributed by atoms with E-state index in [-0.39, 0.29) is 0 Å². The molecular weight excluding hydrogens is 494 g/mol. The number of nitrogens with zero attached hydrogens (tertiary/aromatic N) is 1. The van der Waals surface area contributed by atoms with E-state index < -0.39 is 0 Å². The third-order valence-electron chi connectivity index (χ3n) is 8.55. The van der Waals surface area contributed by atoms with Gasteiger partial charge in [0.1, 0.15) is 0 Å². The molecule has 0 unspecified atom stereocenters. The van der Waals surface area contributed by atoms with Crippen molar-refractivity contribution in [1.29, 1.82) is 0 Å². The van der Waals surface area contributed by atoms with Crippen LogP contribution in [0.2, 0.25) is 0 Å². The Labute approximate surface area is 241 Å². The molecule has 194 valence electrons. The van der Waals surface area contributed by atoms with Gasteiger partial charge in [0.05, 0.1) is 11.4 Å². The van der Waals surface area contributed by atoms with Gasteiger partial charge in [-0.25, -0.2) is 0 Å². The summed E-state index contributed by atoms with van der Waals surface area (Å²) in [5, 5.41) is 5.24. The molecule has 0 bridgehead atoms. The molecule has 9 rings (SSSR count). The van der Waals surface area contributed by atoms with Crippen LogP contribution in [0.15, 0.2) is 140 Å². The summed E-state index contributed by atoms with van der Waals surface area (Å²) in [6, 6.07) is 51.2. The average molecular weight is 524 g/mol. The van der Waals surface area contributed by atoms with Gasteiger partial charge in [-0.15, -0.1) is 0 Å². The van der Waals surface area contributed by atoms with Crippen LogP contribution in [0.1, 0.15) is 13.8 Å². The van der Waals surface area contributed by atoms with Crippen LogP contribution in [0.5, 0.6) is 0 Å². The number of benzene rings is 7. The van der Waals surface area contributed by atoms with Gasteiger partial charge in [0, 0.05) is 16.5 Å². The summed E-state index contributed by atoms with van der Waals surface area (Å²) in [5.74, 6) is 0. The molecule has 0 spiro atoms. The van der Waals surface area contributed by atoms with E-state index in [0.29, 0.717) is 0 Å². The van der Waals surface area contributed by atoms with Crippen LogP contribution in [0.3, 0.4) is 0 Å². The summed E-state index contributed by atoms with van der Waals surface area (Å²) in [4.78, 5) is 2.46. The Bertz CT molecular complexity index is 1930. The molecule has 1 heteroatoms. The molecule has 0 N–H and O–H groups in total. The van der Waals surface area contributed by atoms with Crippen molar-refractivity contribution in [2.45, 2.75) is 13.8 Å². The van der Waals surface area contributed by atoms with Gasteiger partial charge in [0.15, 0.2) is 0 Å². The van der Waals surface area contributed by atoms with Gasteiger partial charge in [-0.3, -0.25) is 0 Å². The lowest BCUT2D eigenvalue weighted by atomic mass is 9.98. The van der Waals surface area contributed by atoms with Gasteiger partial charge in [-0.05, 0) is 79.5 Å². The fourth-order valence-electron chi connectivity index (χ4n) is 6.96. The molecule has 2 aliphatic rings. The molecule has 0 fully saturated rings. The summed E-state index contributed by atoms with van der Waals surface area (Å²) < 4.78 is 0. The summed E-state index contributed by atoms with van der Waals surface area (Å²) in [5.41, 5.74) is 14.1. The zero-order valence-corrected chi connectivity index (χ0v) is 23.2. The number of fused-ring (bicyclic) bond motifs is 6. The number of anilines is 3. The van der Waals surface area contributed by atoms with Crippen LogP contribution in [0, 0.1) is 0 Å². The molecule has 0 saturated carbocycles. The second-order valence-corrected chi connectivity index (χ2v) is 10.5. The number of para-hydroxylation sites is 1. The van der Waals surface area contributed by atoms with Gasteiger partial charge in [0.2, 0.25) is 0 Å². The van der Waals surface area contributed by atoms with E-state index in [1.807, 2.05) is 13.8 Å². The molecule has 0 aromatic heterocycles. The van der Waals surface area contributed by atoms with Gasteiger partial charge >= 0.3 is 0 Å². The van der Waals surface area contributed by atoms with Crippen LogP contribution in [0.25, 0.3) is 66.1 Å². The lowest BCUT2D eigenvalue weighted by Crippen LogP contribution is -2.11. The monoisotopic (exact) mass is 523 g/mol. The van der Waals surface area contributed by atoms with E-state index in [1.54, 1.807) is 0 Å². The number of hydrogen-bond acceptors (Lipinski definition) is 1. The maximum Gasteiger partial charge on any atom is 0.0540 e. The van der Waals surface area contributed by atoms with Crippen molar-refractivity contribution in [1.82, 2.24) is 0 Å². The second kappa shape index (κ2) is 9.21. The topological polar surface area (TPSA) is 3.24 Å². The second-order valence-electron chi connectivity index (χ2n) is 10.5. The van der Waals surface area contributed by atoms with E-state index in [0.717, 1.165) is 5.69 Å². The van der Waals surface area contributed by atoms with Gasteiger partial charge in [-0.2, -0.15) is 0 Å². The van der Waals surface area contributed by atoms with Crippen molar-refractivity contribution in [3.05, 3.63) is 140 Å². The first kappa shape index (κ1) is 23.7. The Morgan fingerprint density at radius 3 is 1.12 bits per heavy atom. The van der Waals surface area contributed by atoms with Crippen LogP contribution in [0.4, 0.5) is 17.1 Å². The van der Waals surface area contributed by atoms with Crippen LogP contribution < -0.4 is 4.90 Å². The molecule has 0 aliphatic heterocycles. The van der Waals surface area contributed by atoms with Crippen molar-refractivity contribution >= 4 is 38.6 Å². The Kier molecular flexibility index (Phi) is 5.33. The minimum Gasteiger partial charge on any atom is -0.309 e. The van der Waals surface area contributed by atoms with Gasteiger partial charge in [-0.1, -0.05) is 129 Å². The molecular formula is C40H29N. The van der Waals surface area contributed by atoms with E-state index >= 15 is 0 Å². The Morgan fingerprint density at radius 1 is 0.317 bits per heavy atom. The molecule has 0 radical (unpaired) electrons. The highest BCUT2D eigenvalue weighted by Crippen LogP contribution is 2.54. The molecule has 1 nitrogen and oxygen atoms in total. The van der Waals surface area contributed by atoms with Crippen molar-refractivity contribution < 1.29 is 0 Å². The van der Waals surface area contributed by atoms with Crippen molar-refractivity contribution in [3.63, 3.8) is 0 Å². The highest BCUT2D eigenvalue weighted by atomic mass is 15.1. The first-order valence-electron chi connectivity index (χ1n) is 14.5. The van der Waals surface area contributed by atoms with Crippen LogP contribution in [-0.2, 0) is 0 Å². The minimum atomic E-state index is 1.16. The van der Waals surface area contributed by atoms with Crippen LogP contribution >= 0.6 is 0 Å². The zero-order chi connectivity index (χ0) is 27.5. The SMILES string of the molecule is CC.c1ccc(N(c2ccc3c4c(cccc24)-c2ccccc2-3)c2ccc3c4c(cccc24)-c2ccccc2-3)cc1. The predicted octanol–water partition coefficient (Wildman–Crippen LogP) is 11.8. The molecule has 41 heavy (non-hydrogen) atoms. The largest absolute Gasteiger partial charge is 0.309 e. The summed E-state index contributed by atoms with van der Waals surface area (Å²) in [6.45, 7) is 4.00. The van der Waals surface area contributed by atoms with E-state index in [9.17, 15) is 0 Å². The highest BCUT2D eigenvalue weighted by Gasteiger charge is 2.27. The summed E-state index contributed by atoms with van der Waals surface area (Å²) in [6.07, 6.45) is 0. The molecule has 7 aromatic carbocycles. The van der Waals surface area contributed by atoms with Crippen LogP contribution in [-0.4, -0.2) is 0 Å². The van der Waals surface area contributed by atoms with Gasteiger partial charge in [0.25, 0.3) is 0 Å². The maximum atomic E-state index is 2.46. The molecule has 0 amide bonds. The molecule has 7 aromatic rings. The summed E-state index contributed by atoms with van der Waals surface area (Å²) >= 11 is 0. The first-order chi connectivity index (χ1) is 20.4. The van der Waals surface area contributed by atoms with E-state index in [2.05, 4.69) is 144 Å². The molecule has 0 saturated heterocycles. The standard InChI is InChI=1S/C38H23N.C2H6/c1-2-10-24(11-3-1)39(35-22-20-31-27-14-6-4-12-25(27)29-16-8-18-33(35)37(29)31)36-23-21-32-28-15-7-5-13-26(28)30-17-9-19-34(36)38(30)32;1-2/h1-23H;1-2H3. The normalized spacial score (nSPS) is 11.7. The van der Waals surface area contributed by atoms with Crippen molar-refractivity contribution in [2.75, 3.05) is 4.90 Å². The Balaban J connectivity index is 0.00000125. The van der Waals surface area contributed by atoms with E-state index in [4.69, 9.17) is 0 Å². The van der Waals surface area contributed by atoms with Crippen molar-refractivity contribution in [3.8, 4) is 44.5 Å². The summed E-state index contributed by atoms with van der Waals surface area (Å²) in [7, 11) is 0. The minimum absolute atomic E-state index is 1.16. The zero-order valence-electron chi connectivity index (χ0n) is 23.2. The lowest BCUT2D eigenvalue weighted by Gasteiger charge is -2.28. The van der Waals surface area contributed by atoms with Gasteiger partial charge < -0.3 is 4.90 Å². The molecule has 2 aliphatic carbocycles. The number of hydrogen-bond donors (Lipinski definition) is 0. The Morgan fingerprint density at radius 2 is 0.683 bits per heavy atom. The molecule has 0 heterocycles. The average Bonchev–Trinajstić information content (AvgIpc) is 3.56.